The topological polar surface area (TPSA) is 71.5 Å². The highest BCUT2D eigenvalue weighted by molar-refractivity contribution is 7.22. The van der Waals surface area contributed by atoms with Gasteiger partial charge in [0, 0.05) is 24.7 Å². The number of nitrogens with zero attached hydrogens (tertiary/aromatic N) is 2. The second-order valence-corrected chi connectivity index (χ2v) is 7.77. The van der Waals surface area contributed by atoms with Crippen LogP contribution in [0.5, 0.6) is 5.75 Å². The smallest absolute Gasteiger partial charge is 0.406 e. The van der Waals surface area contributed by atoms with Gasteiger partial charge < -0.3 is 15.0 Å². The Hall–Kier alpha value is -3.14. The molecule has 1 saturated heterocycles. The Kier molecular flexibility index (Phi) is 5.33. The van der Waals surface area contributed by atoms with E-state index in [1.54, 1.807) is 17.0 Å². The fraction of sp³-hybridized carbons (Fsp3) is 0.250. The number of carbonyl (C=O) groups excluding carboxylic acids is 2. The molecule has 2 amide bonds. The highest BCUT2D eigenvalue weighted by Gasteiger charge is 2.31. The van der Waals surface area contributed by atoms with Gasteiger partial charge in [-0.05, 0) is 36.2 Å². The van der Waals surface area contributed by atoms with Crippen LogP contribution in [0.1, 0.15) is 18.4 Å². The molecule has 4 rings (SSSR count). The summed E-state index contributed by atoms with van der Waals surface area (Å²) in [4.78, 5) is 30.1. The van der Waals surface area contributed by atoms with Crippen LogP contribution in [0.2, 0.25) is 0 Å². The summed E-state index contributed by atoms with van der Waals surface area (Å²) in [7, 11) is 0. The molecule has 2 heterocycles. The number of fused-ring (bicyclic) bond motifs is 1. The summed E-state index contributed by atoms with van der Waals surface area (Å²) in [6.45, 7) is 0.700. The second-order valence-electron chi connectivity index (χ2n) is 6.74. The Morgan fingerprint density at radius 1 is 1.20 bits per heavy atom. The Balaban J connectivity index is 1.40. The van der Waals surface area contributed by atoms with Crippen molar-refractivity contribution in [3.05, 3.63) is 48.0 Å². The van der Waals surface area contributed by atoms with Gasteiger partial charge in [-0.1, -0.05) is 23.5 Å². The third kappa shape index (κ3) is 4.70. The van der Waals surface area contributed by atoms with Crippen molar-refractivity contribution < 1.29 is 27.5 Å². The largest absolute Gasteiger partial charge is 0.573 e. The lowest BCUT2D eigenvalue weighted by Gasteiger charge is -2.15. The zero-order valence-corrected chi connectivity index (χ0v) is 16.3. The molecule has 10 heteroatoms. The number of benzene rings is 2. The van der Waals surface area contributed by atoms with E-state index in [1.807, 2.05) is 12.1 Å². The Bertz CT molecular complexity index is 1100. The molecule has 6 nitrogen and oxygen atoms in total. The first kappa shape index (κ1) is 20.1. The molecule has 1 fully saturated rings. The van der Waals surface area contributed by atoms with Crippen molar-refractivity contribution in [2.45, 2.75) is 25.6 Å². The van der Waals surface area contributed by atoms with E-state index >= 15 is 0 Å². The van der Waals surface area contributed by atoms with Crippen LogP contribution in [0.25, 0.3) is 10.2 Å². The second kappa shape index (κ2) is 7.94. The van der Waals surface area contributed by atoms with Crippen molar-refractivity contribution in [2.75, 3.05) is 16.8 Å². The molecule has 0 spiro atoms. The van der Waals surface area contributed by atoms with E-state index < -0.39 is 6.36 Å². The molecule has 0 radical (unpaired) electrons. The van der Waals surface area contributed by atoms with Gasteiger partial charge in [-0.15, -0.1) is 13.2 Å². The number of amides is 2. The quantitative estimate of drug-likeness (QED) is 0.641. The fourth-order valence-corrected chi connectivity index (χ4v) is 4.13. The summed E-state index contributed by atoms with van der Waals surface area (Å²) < 4.78 is 41.4. The van der Waals surface area contributed by atoms with Gasteiger partial charge >= 0.3 is 6.36 Å². The zero-order chi connectivity index (χ0) is 21.3. The van der Waals surface area contributed by atoms with Crippen LogP contribution in [0.15, 0.2) is 42.5 Å². The lowest BCUT2D eigenvalue weighted by molar-refractivity contribution is -0.274. The van der Waals surface area contributed by atoms with E-state index in [1.165, 1.54) is 18.2 Å². The maximum atomic E-state index is 12.3. The minimum absolute atomic E-state index is 0.0973. The number of anilines is 2. The third-order valence-corrected chi connectivity index (χ3v) is 5.46. The number of rotatable bonds is 5. The predicted molar refractivity (Wildman–Crippen MR) is 107 cm³/mol. The summed E-state index contributed by atoms with van der Waals surface area (Å²) in [6.07, 6.45) is -3.27. The first-order valence-corrected chi connectivity index (χ1v) is 9.94. The minimum atomic E-state index is -4.77. The highest BCUT2D eigenvalue weighted by Crippen LogP contribution is 2.31. The van der Waals surface area contributed by atoms with Crippen LogP contribution in [0.4, 0.5) is 24.0 Å². The Morgan fingerprint density at radius 2 is 1.97 bits per heavy atom. The summed E-state index contributed by atoms with van der Waals surface area (Å²) in [6, 6.07) is 11.0. The number of aromatic nitrogens is 1. The van der Waals surface area contributed by atoms with Crippen molar-refractivity contribution in [3.63, 3.8) is 0 Å². The number of ether oxygens (including phenoxy) is 1. The number of halogens is 3. The van der Waals surface area contributed by atoms with Crippen LogP contribution in [0, 0.1) is 0 Å². The molecule has 3 aromatic rings. The van der Waals surface area contributed by atoms with Gasteiger partial charge in [0.05, 0.1) is 16.6 Å². The number of alkyl halides is 3. The maximum absolute atomic E-state index is 12.3. The van der Waals surface area contributed by atoms with Gasteiger partial charge in [0.25, 0.3) is 0 Å². The number of thiazole rings is 1. The Labute approximate surface area is 173 Å². The zero-order valence-electron chi connectivity index (χ0n) is 15.5. The average molecular weight is 435 g/mol. The molecule has 0 bridgehead atoms. The van der Waals surface area contributed by atoms with Crippen LogP contribution >= 0.6 is 11.3 Å². The molecule has 156 valence electrons. The molecular formula is C20H16F3N3O3S. The van der Waals surface area contributed by atoms with E-state index in [-0.39, 0.29) is 24.0 Å². The van der Waals surface area contributed by atoms with Gasteiger partial charge in [0.2, 0.25) is 11.8 Å². The van der Waals surface area contributed by atoms with Gasteiger partial charge in [-0.25, -0.2) is 4.98 Å². The lowest BCUT2D eigenvalue weighted by atomic mass is 10.1. The van der Waals surface area contributed by atoms with Crippen molar-refractivity contribution in [1.82, 2.24) is 4.98 Å². The van der Waals surface area contributed by atoms with E-state index in [9.17, 15) is 22.8 Å². The normalized spacial score (nSPS) is 14.4. The molecule has 1 N–H and O–H groups in total. The van der Waals surface area contributed by atoms with E-state index in [0.717, 1.165) is 29.0 Å². The van der Waals surface area contributed by atoms with Gasteiger partial charge in [0.1, 0.15) is 5.75 Å². The number of hydrogen-bond donors (Lipinski definition) is 1. The predicted octanol–water partition coefficient (Wildman–Crippen LogP) is 4.50. The summed E-state index contributed by atoms with van der Waals surface area (Å²) >= 11 is 1.06. The molecule has 2 aromatic carbocycles. The van der Waals surface area contributed by atoms with Crippen LogP contribution in [-0.2, 0) is 16.0 Å². The molecule has 0 unspecified atom stereocenters. The first-order valence-electron chi connectivity index (χ1n) is 9.12. The molecule has 1 aliphatic rings. The molecule has 1 aromatic heterocycles. The summed E-state index contributed by atoms with van der Waals surface area (Å²) in [5, 5.41) is 2.96. The monoisotopic (exact) mass is 435 g/mol. The van der Waals surface area contributed by atoms with Crippen molar-refractivity contribution in [3.8, 4) is 5.75 Å². The molecule has 1 aliphatic heterocycles. The standard InChI is InChI=1S/C20H16F3N3O3S/c21-20(22,23)29-14-7-8-15-16(11-14)30-19(24-15)25-17(27)10-12-3-5-13(6-4-12)26-9-1-2-18(26)28/h3-8,11H,1-2,9-10H2,(H,24,25,27). The number of hydrogen-bond acceptors (Lipinski definition) is 5. The van der Waals surface area contributed by atoms with Crippen molar-refractivity contribution in [2.24, 2.45) is 0 Å². The Morgan fingerprint density at radius 3 is 2.63 bits per heavy atom. The first-order chi connectivity index (χ1) is 14.3. The summed E-state index contributed by atoms with van der Waals surface area (Å²) in [5.41, 5.74) is 2.04. The van der Waals surface area contributed by atoms with Crippen LogP contribution < -0.4 is 15.0 Å². The third-order valence-electron chi connectivity index (χ3n) is 4.53. The maximum Gasteiger partial charge on any atom is 0.573 e. The lowest BCUT2D eigenvalue weighted by Crippen LogP contribution is -2.23. The SMILES string of the molecule is O=C(Cc1ccc(N2CCCC2=O)cc1)Nc1nc2ccc(OC(F)(F)F)cc2s1. The van der Waals surface area contributed by atoms with E-state index in [2.05, 4.69) is 15.0 Å². The average Bonchev–Trinajstić information content (AvgIpc) is 3.26. The van der Waals surface area contributed by atoms with Gasteiger partial charge in [-0.2, -0.15) is 0 Å². The molecule has 30 heavy (non-hydrogen) atoms. The van der Waals surface area contributed by atoms with E-state index in [0.29, 0.717) is 28.3 Å². The molecule has 0 aliphatic carbocycles. The van der Waals surface area contributed by atoms with E-state index in [4.69, 9.17) is 0 Å². The molecule has 0 saturated carbocycles. The van der Waals surface area contributed by atoms with Crippen LogP contribution in [0.3, 0.4) is 0 Å². The minimum Gasteiger partial charge on any atom is -0.406 e. The van der Waals surface area contributed by atoms with Crippen LogP contribution in [-0.4, -0.2) is 29.7 Å². The highest BCUT2D eigenvalue weighted by atomic mass is 32.1. The summed E-state index contributed by atoms with van der Waals surface area (Å²) in [5.74, 6) is -0.543. The molecular weight excluding hydrogens is 419 g/mol. The van der Waals surface area contributed by atoms with Gasteiger partial charge in [-0.3, -0.25) is 9.59 Å². The fourth-order valence-electron chi connectivity index (χ4n) is 3.22. The van der Waals surface area contributed by atoms with Crippen molar-refractivity contribution in [1.29, 1.82) is 0 Å². The number of nitrogens with one attached hydrogen (secondary N) is 1. The number of carbonyl (C=O) groups is 2. The van der Waals surface area contributed by atoms with Gasteiger partial charge in [0.15, 0.2) is 5.13 Å². The van der Waals surface area contributed by atoms with Crippen molar-refractivity contribution >= 4 is 44.2 Å². The molecule has 0 atom stereocenters.